The Labute approximate surface area is 95.1 Å². The van der Waals surface area contributed by atoms with Crippen LogP contribution in [0.2, 0.25) is 0 Å². The third-order valence-corrected chi connectivity index (χ3v) is 2.50. The lowest BCUT2D eigenvalue weighted by Crippen LogP contribution is -2.45. The predicted octanol–water partition coefficient (Wildman–Crippen LogP) is 0.0185. The van der Waals surface area contributed by atoms with E-state index in [-0.39, 0.29) is 0 Å². The summed E-state index contributed by atoms with van der Waals surface area (Å²) in [6, 6.07) is -2.03. The number of aliphatic hydroxyl groups excluding tert-OH is 1. The second-order valence-corrected chi connectivity index (χ2v) is 3.82. The number of carbonyl (C=O) groups excluding carboxylic acids is 1. The molecule has 0 aliphatic heterocycles. The smallest absolute Gasteiger partial charge is 0.328 e. The monoisotopic (exact) mass is 245 g/mol. The zero-order valence-electron chi connectivity index (χ0n) is 8.43. The molecule has 1 atom stereocenters. The first-order valence-electron chi connectivity index (χ1n) is 4.36. The molecule has 1 aromatic heterocycles. The fourth-order valence-electron chi connectivity index (χ4n) is 0.888. The topological polar surface area (TPSA) is 112 Å². The molecular formula is C8H11N3O4S. The largest absolute Gasteiger partial charge is 0.480 e. The number of nitrogens with zero attached hydrogens (tertiary/aromatic N) is 1. The summed E-state index contributed by atoms with van der Waals surface area (Å²) in [6.45, 7) is 1.10. The number of aliphatic hydroxyl groups is 1. The minimum absolute atomic E-state index is 0.372. The summed E-state index contributed by atoms with van der Waals surface area (Å²) in [5.41, 5.74) is 0.761. The van der Waals surface area contributed by atoms with Gasteiger partial charge in [-0.25, -0.2) is 14.6 Å². The zero-order chi connectivity index (χ0) is 12.1. The summed E-state index contributed by atoms with van der Waals surface area (Å²) in [4.78, 5) is 25.7. The van der Waals surface area contributed by atoms with Crippen molar-refractivity contribution in [2.45, 2.75) is 13.0 Å². The van der Waals surface area contributed by atoms with E-state index < -0.39 is 24.6 Å². The van der Waals surface area contributed by atoms with E-state index in [0.29, 0.717) is 5.13 Å². The van der Waals surface area contributed by atoms with Crippen molar-refractivity contribution in [3.05, 3.63) is 11.1 Å². The highest BCUT2D eigenvalue weighted by Crippen LogP contribution is 2.13. The van der Waals surface area contributed by atoms with Crippen molar-refractivity contribution < 1.29 is 19.8 Å². The van der Waals surface area contributed by atoms with Crippen LogP contribution >= 0.6 is 11.3 Å². The van der Waals surface area contributed by atoms with Crippen LogP contribution in [0.4, 0.5) is 9.93 Å². The van der Waals surface area contributed by atoms with Gasteiger partial charge in [-0.1, -0.05) is 0 Å². The quantitative estimate of drug-likeness (QED) is 0.597. The molecule has 0 aromatic carbocycles. The van der Waals surface area contributed by atoms with Crippen molar-refractivity contribution in [1.29, 1.82) is 0 Å². The van der Waals surface area contributed by atoms with E-state index in [9.17, 15) is 9.59 Å². The van der Waals surface area contributed by atoms with Gasteiger partial charge in [0, 0.05) is 5.38 Å². The van der Waals surface area contributed by atoms with Crippen molar-refractivity contribution >= 4 is 28.5 Å². The minimum Gasteiger partial charge on any atom is -0.480 e. The number of thiazole rings is 1. The van der Waals surface area contributed by atoms with Crippen LogP contribution in [0.1, 0.15) is 5.69 Å². The number of anilines is 1. The van der Waals surface area contributed by atoms with Gasteiger partial charge in [-0.05, 0) is 6.92 Å². The fourth-order valence-corrected chi connectivity index (χ4v) is 1.57. The Kier molecular flexibility index (Phi) is 4.20. The number of carbonyl (C=O) groups is 2. The summed E-state index contributed by atoms with van der Waals surface area (Å²) in [5, 5.41) is 23.8. The van der Waals surface area contributed by atoms with Crippen LogP contribution < -0.4 is 10.6 Å². The summed E-state index contributed by atoms with van der Waals surface area (Å²) in [5.74, 6) is -1.30. The van der Waals surface area contributed by atoms with E-state index in [4.69, 9.17) is 10.2 Å². The van der Waals surface area contributed by atoms with Gasteiger partial charge < -0.3 is 15.5 Å². The van der Waals surface area contributed by atoms with Gasteiger partial charge in [-0.2, -0.15) is 0 Å². The Hall–Kier alpha value is -1.67. The minimum atomic E-state index is -1.32. The molecule has 8 heteroatoms. The fraction of sp³-hybridized carbons (Fsp3) is 0.375. The first-order valence-corrected chi connectivity index (χ1v) is 5.24. The van der Waals surface area contributed by atoms with Gasteiger partial charge in [-0.15, -0.1) is 11.3 Å². The van der Waals surface area contributed by atoms with Crippen LogP contribution in [0.5, 0.6) is 0 Å². The maximum absolute atomic E-state index is 11.3. The van der Waals surface area contributed by atoms with Gasteiger partial charge in [-0.3, -0.25) is 5.32 Å². The molecule has 0 unspecified atom stereocenters. The van der Waals surface area contributed by atoms with E-state index in [1.54, 1.807) is 12.3 Å². The third kappa shape index (κ3) is 3.48. The van der Waals surface area contributed by atoms with Crippen molar-refractivity contribution in [2.24, 2.45) is 0 Å². The molecular weight excluding hydrogens is 234 g/mol. The van der Waals surface area contributed by atoms with Crippen LogP contribution in [0, 0.1) is 6.92 Å². The van der Waals surface area contributed by atoms with Crippen LogP contribution in [0.15, 0.2) is 5.38 Å². The molecule has 1 heterocycles. The first-order chi connectivity index (χ1) is 7.52. The normalized spacial score (nSPS) is 11.9. The summed E-state index contributed by atoms with van der Waals surface area (Å²) in [7, 11) is 0. The molecule has 7 nitrogen and oxygen atoms in total. The molecule has 0 bridgehead atoms. The lowest BCUT2D eigenvalue weighted by molar-refractivity contribution is -0.140. The van der Waals surface area contributed by atoms with Gasteiger partial charge in [0.1, 0.15) is 0 Å². The van der Waals surface area contributed by atoms with Crippen LogP contribution in [0.25, 0.3) is 0 Å². The molecule has 0 saturated carbocycles. The van der Waals surface area contributed by atoms with Crippen molar-refractivity contribution in [2.75, 3.05) is 11.9 Å². The number of aliphatic carboxylic acids is 1. The SMILES string of the molecule is Cc1csc(NC(=O)N[C@H](CO)C(=O)O)n1. The molecule has 0 fully saturated rings. The average Bonchev–Trinajstić information content (AvgIpc) is 2.60. The number of rotatable bonds is 4. The Bertz CT molecular complexity index is 392. The van der Waals surface area contributed by atoms with Crippen molar-refractivity contribution in [3.63, 3.8) is 0 Å². The van der Waals surface area contributed by atoms with Gasteiger partial charge in [0.15, 0.2) is 11.2 Å². The molecule has 0 aliphatic carbocycles. The highest BCUT2D eigenvalue weighted by atomic mass is 32.1. The summed E-state index contributed by atoms with van der Waals surface area (Å²) < 4.78 is 0. The Morgan fingerprint density at radius 1 is 1.62 bits per heavy atom. The highest BCUT2D eigenvalue weighted by Gasteiger charge is 2.18. The average molecular weight is 245 g/mol. The van der Waals surface area contributed by atoms with E-state index in [1.807, 2.05) is 0 Å². The van der Waals surface area contributed by atoms with Crippen LogP contribution in [-0.2, 0) is 4.79 Å². The van der Waals surface area contributed by atoms with E-state index in [1.165, 1.54) is 11.3 Å². The van der Waals surface area contributed by atoms with Crippen molar-refractivity contribution in [3.8, 4) is 0 Å². The number of carboxylic acids is 1. The summed E-state index contributed by atoms with van der Waals surface area (Å²) >= 11 is 1.23. The van der Waals surface area contributed by atoms with E-state index in [0.717, 1.165) is 5.69 Å². The number of aromatic nitrogens is 1. The molecule has 88 valence electrons. The molecule has 0 saturated heterocycles. The molecule has 0 spiro atoms. The number of aryl methyl sites for hydroxylation is 1. The number of hydrogen-bond acceptors (Lipinski definition) is 5. The Balaban J connectivity index is 2.50. The maximum atomic E-state index is 11.3. The number of urea groups is 1. The van der Waals surface area contributed by atoms with E-state index in [2.05, 4.69) is 15.6 Å². The molecule has 2 amide bonds. The zero-order valence-corrected chi connectivity index (χ0v) is 9.24. The number of amides is 2. The molecule has 4 N–H and O–H groups in total. The predicted molar refractivity (Wildman–Crippen MR) is 57.5 cm³/mol. The Morgan fingerprint density at radius 3 is 2.75 bits per heavy atom. The van der Waals surface area contributed by atoms with Crippen LogP contribution in [-0.4, -0.2) is 39.8 Å². The van der Waals surface area contributed by atoms with Gasteiger partial charge in [0.05, 0.1) is 12.3 Å². The summed E-state index contributed by atoms with van der Waals surface area (Å²) in [6.07, 6.45) is 0. The first kappa shape index (κ1) is 12.4. The van der Waals surface area contributed by atoms with Gasteiger partial charge in [0.25, 0.3) is 0 Å². The molecule has 0 radical (unpaired) electrons. The number of carboxylic acid groups (broad SMARTS) is 1. The Morgan fingerprint density at radius 2 is 2.31 bits per heavy atom. The van der Waals surface area contributed by atoms with Crippen molar-refractivity contribution in [1.82, 2.24) is 10.3 Å². The van der Waals surface area contributed by atoms with E-state index >= 15 is 0 Å². The lowest BCUT2D eigenvalue weighted by atomic mass is 10.3. The molecule has 16 heavy (non-hydrogen) atoms. The van der Waals surface area contributed by atoms with Gasteiger partial charge in [0.2, 0.25) is 0 Å². The lowest BCUT2D eigenvalue weighted by Gasteiger charge is -2.11. The molecule has 0 aliphatic rings. The number of hydrogen-bond donors (Lipinski definition) is 4. The highest BCUT2D eigenvalue weighted by molar-refractivity contribution is 7.13. The second-order valence-electron chi connectivity index (χ2n) is 2.97. The van der Waals surface area contributed by atoms with Gasteiger partial charge >= 0.3 is 12.0 Å². The standard InChI is InChI=1S/C8H11N3O4S/c1-4-3-16-8(9-4)11-7(15)10-5(2-12)6(13)14/h3,5,12H,2H2,1H3,(H,13,14)(H2,9,10,11,15)/t5-/m1/s1. The second kappa shape index (κ2) is 5.42. The molecule has 1 aromatic rings. The molecule has 1 rings (SSSR count). The third-order valence-electron chi connectivity index (χ3n) is 1.63. The van der Waals surface area contributed by atoms with Crippen LogP contribution in [0.3, 0.4) is 0 Å². The maximum Gasteiger partial charge on any atom is 0.328 e. The number of nitrogens with one attached hydrogen (secondary N) is 2.